The number of fused-ring (bicyclic) bond motifs is 1. The lowest BCUT2D eigenvalue weighted by Gasteiger charge is -2.28. The molecule has 3 nitrogen and oxygen atoms in total. The van der Waals surface area contributed by atoms with Gasteiger partial charge in [0.2, 0.25) is 0 Å². The maximum Gasteiger partial charge on any atom is 0.258 e. The third kappa shape index (κ3) is 2.82. The Kier molecular flexibility index (Phi) is 4.00. The predicted molar refractivity (Wildman–Crippen MR) is 84.7 cm³/mol. The molecule has 0 unspecified atom stereocenters. The van der Waals surface area contributed by atoms with E-state index in [9.17, 15) is 4.79 Å². The molecule has 0 saturated carbocycles. The van der Waals surface area contributed by atoms with Crippen molar-refractivity contribution in [3.8, 4) is 0 Å². The third-order valence-electron chi connectivity index (χ3n) is 3.91. The first-order valence-electron chi connectivity index (χ1n) is 7.64. The lowest BCUT2D eigenvalue weighted by atomic mass is 10.0. The quantitative estimate of drug-likeness (QED) is 0.860. The minimum atomic E-state index is 0.0851. The number of benzene rings is 1. The van der Waals surface area contributed by atoms with Gasteiger partial charge in [0.25, 0.3) is 5.91 Å². The zero-order valence-corrected chi connectivity index (χ0v) is 12.4. The summed E-state index contributed by atoms with van der Waals surface area (Å²) < 4.78 is 0. The van der Waals surface area contributed by atoms with Gasteiger partial charge in [0.15, 0.2) is 0 Å². The molecule has 0 aliphatic carbocycles. The van der Waals surface area contributed by atoms with Crippen LogP contribution in [-0.4, -0.2) is 17.4 Å². The summed E-state index contributed by atoms with van der Waals surface area (Å²) in [7, 11) is 0. The van der Waals surface area contributed by atoms with Crippen LogP contribution in [0.3, 0.4) is 0 Å². The van der Waals surface area contributed by atoms with E-state index in [0.29, 0.717) is 0 Å². The fourth-order valence-corrected chi connectivity index (χ4v) is 2.91. The molecule has 0 spiro atoms. The number of aryl methyl sites for hydroxylation is 2. The Morgan fingerprint density at radius 3 is 3.05 bits per heavy atom. The van der Waals surface area contributed by atoms with Crippen LogP contribution in [0.4, 0.5) is 5.69 Å². The topological polar surface area (TPSA) is 33.2 Å². The highest BCUT2D eigenvalue weighted by Crippen LogP contribution is 2.26. The second kappa shape index (κ2) is 6.08. The predicted octanol–water partition coefficient (Wildman–Crippen LogP) is 3.63. The summed E-state index contributed by atoms with van der Waals surface area (Å²) in [5, 5.41) is 0. The molecule has 1 aromatic carbocycles. The van der Waals surface area contributed by atoms with Crippen LogP contribution >= 0.6 is 0 Å². The number of carbonyl (C=O) groups is 1. The van der Waals surface area contributed by atoms with Crippen molar-refractivity contribution >= 4 is 11.6 Å². The van der Waals surface area contributed by atoms with Gasteiger partial charge in [-0.1, -0.05) is 25.5 Å². The van der Waals surface area contributed by atoms with E-state index in [1.165, 1.54) is 5.56 Å². The summed E-state index contributed by atoms with van der Waals surface area (Å²) in [6.45, 7) is 2.93. The molecule has 2 heterocycles. The van der Waals surface area contributed by atoms with Gasteiger partial charge >= 0.3 is 0 Å². The molecular formula is C18H20N2O. The highest BCUT2D eigenvalue weighted by atomic mass is 16.2. The van der Waals surface area contributed by atoms with Gasteiger partial charge in [0.1, 0.15) is 0 Å². The van der Waals surface area contributed by atoms with Crippen LogP contribution < -0.4 is 4.90 Å². The average molecular weight is 280 g/mol. The molecule has 1 aliphatic heterocycles. The number of aromatic nitrogens is 1. The van der Waals surface area contributed by atoms with Crippen LogP contribution in [-0.2, 0) is 12.8 Å². The first-order valence-corrected chi connectivity index (χ1v) is 7.64. The smallest absolute Gasteiger partial charge is 0.258 e. The number of hydrogen-bond acceptors (Lipinski definition) is 2. The van der Waals surface area contributed by atoms with Gasteiger partial charge in [-0.15, -0.1) is 0 Å². The third-order valence-corrected chi connectivity index (χ3v) is 3.91. The van der Waals surface area contributed by atoms with Gasteiger partial charge in [-0.25, -0.2) is 0 Å². The van der Waals surface area contributed by atoms with Gasteiger partial charge in [-0.2, -0.15) is 0 Å². The zero-order valence-electron chi connectivity index (χ0n) is 12.4. The van der Waals surface area contributed by atoms with Crippen molar-refractivity contribution in [3.05, 3.63) is 59.4 Å². The molecule has 21 heavy (non-hydrogen) atoms. The first-order chi connectivity index (χ1) is 10.3. The number of amides is 1. The van der Waals surface area contributed by atoms with E-state index in [1.54, 1.807) is 6.20 Å². The Labute approximate surface area is 125 Å². The molecule has 0 atom stereocenters. The molecule has 0 radical (unpaired) electrons. The Hall–Kier alpha value is -2.16. The number of nitrogens with zero attached hydrogens (tertiary/aromatic N) is 2. The van der Waals surface area contributed by atoms with Crippen molar-refractivity contribution in [1.82, 2.24) is 4.98 Å². The summed E-state index contributed by atoms with van der Waals surface area (Å²) in [5.74, 6) is 0.0851. The van der Waals surface area contributed by atoms with Crippen LogP contribution in [0.15, 0.2) is 42.6 Å². The molecule has 1 amide bonds. The number of anilines is 1. The molecule has 0 saturated heterocycles. The SMILES string of the molecule is CCCc1cccc(C(=O)N2CCCc3ncccc32)c1. The highest BCUT2D eigenvalue weighted by molar-refractivity contribution is 6.06. The van der Waals surface area contributed by atoms with Crippen LogP contribution in [0.5, 0.6) is 0 Å². The van der Waals surface area contributed by atoms with E-state index in [0.717, 1.165) is 49.2 Å². The largest absolute Gasteiger partial charge is 0.307 e. The van der Waals surface area contributed by atoms with Crippen molar-refractivity contribution in [2.24, 2.45) is 0 Å². The number of pyridine rings is 1. The highest BCUT2D eigenvalue weighted by Gasteiger charge is 2.24. The number of rotatable bonds is 3. The molecule has 2 aromatic rings. The molecule has 0 fully saturated rings. The normalized spacial score (nSPS) is 13.9. The van der Waals surface area contributed by atoms with E-state index < -0.39 is 0 Å². The Bertz CT molecular complexity index is 651. The summed E-state index contributed by atoms with van der Waals surface area (Å²) >= 11 is 0. The van der Waals surface area contributed by atoms with Crippen LogP contribution in [0.25, 0.3) is 0 Å². The van der Waals surface area contributed by atoms with Crippen molar-refractivity contribution in [2.75, 3.05) is 11.4 Å². The molecule has 1 aliphatic rings. The van der Waals surface area contributed by atoms with Crippen molar-refractivity contribution in [1.29, 1.82) is 0 Å². The van der Waals surface area contributed by atoms with E-state index in [2.05, 4.69) is 18.0 Å². The van der Waals surface area contributed by atoms with E-state index in [-0.39, 0.29) is 5.91 Å². The van der Waals surface area contributed by atoms with Gasteiger partial charge in [-0.05, 0) is 49.1 Å². The average Bonchev–Trinajstić information content (AvgIpc) is 2.54. The summed E-state index contributed by atoms with van der Waals surface area (Å²) in [4.78, 5) is 19.1. The Morgan fingerprint density at radius 1 is 1.29 bits per heavy atom. The zero-order chi connectivity index (χ0) is 14.7. The number of hydrogen-bond donors (Lipinski definition) is 0. The summed E-state index contributed by atoms with van der Waals surface area (Å²) in [6.07, 6.45) is 5.84. The number of carbonyl (C=O) groups excluding carboxylic acids is 1. The van der Waals surface area contributed by atoms with Crippen LogP contribution in [0.2, 0.25) is 0 Å². The van der Waals surface area contributed by atoms with Crippen molar-refractivity contribution in [3.63, 3.8) is 0 Å². The monoisotopic (exact) mass is 280 g/mol. The molecule has 3 rings (SSSR count). The maximum atomic E-state index is 12.8. The summed E-state index contributed by atoms with van der Waals surface area (Å²) in [5.41, 5.74) is 4.00. The van der Waals surface area contributed by atoms with Crippen molar-refractivity contribution in [2.45, 2.75) is 32.6 Å². The minimum Gasteiger partial charge on any atom is -0.307 e. The Morgan fingerprint density at radius 2 is 2.19 bits per heavy atom. The fourth-order valence-electron chi connectivity index (χ4n) is 2.91. The fraction of sp³-hybridized carbons (Fsp3) is 0.333. The van der Waals surface area contributed by atoms with Gasteiger partial charge in [0, 0.05) is 18.3 Å². The van der Waals surface area contributed by atoms with Crippen LogP contribution in [0.1, 0.15) is 41.4 Å². The lowest BCUT2D eigenvalue weighted by molar-refractivity contribution is 0.0985. The standard InChI is InChI=1S/C18H20N2O/c1-2-6-14-7-3-8-15(13-14)18(21)20-12-5-9-16-17(20)10-4-11-19-16/h3-4,7-8,10-11,13H,2,5-6,9,12H2,1H3. The minimum absolute atomic E-state index is 0.0851. The van der Waals surface area contributed by atoms with E-state index in [1.807, 2.05) is 35.2 Å². The molecule has 0 N–H and O–H groups in total. The summed E-state index contributed by atoms with van der Waals surface area (Å²) in [6, 6.07) is 11.9. The van der Waals surface area contributed by atoms with Gasteiger partial charge in [0.05, 0.1) is 11.4 Å². The van der Waals surface area contributed by atoms with E-state index in [4.69, 9.17) is 0 Å². The second-order valence-corrected chi connectivity index (χ2v) is 5.48. The Balaban J connectivity index is 1.91. The molecule has 0 bridgehead atoms. The second-order valence-electron chi connectivity index (χ2n) is 5.48. The van der Waals surface area contributed by atoms with Crippen LogP contribution in [0, 0.1) is 0 Å². The van der Waals surface area contributed by atoms with Gasteiger partial charge in [-0.3, -0.25) is 9.78 Å². The molecular weight excluding hydrogens is 260 g/mol. The van der Waals surface area contributed by atoms with Crippen molar-refractivity contribution < 1.29 is 4.79 Å². The maximum absolute atomic E-state index is 12.8. The van der Waals surface area contributed by atoms with E-state index >= 15 is 0 Å². The van der Waals surface area contributed by atoms with Gasteiger partial charge < -0.3 is 4.90 Å². The molecule has 3 heteroatoms. The lowest BCUT2D eigenvalue weighted by Crippen LogP contribution is -2.35. The molecule has 108 valence electrons. The first kappa shape index (κ1) is 13.8. The molecule has 1 aromatic heterocycles.